The largest absolute Gasteiger partial charge is 0.632 e. The molecule has 0 saturated carbocycles. The molecule has 3 aromatic carbocycles. The lowest BCUT2D eigenvalue weighted by atomic mass is 9.82. The van der Waals surface area contributed by atoms with Gasteiger partial charge in [-0.25, -0.2) is 0 Å². The summed E-state index contributed by atoms with van der Waals surface area (Å²) >= 11 is 6.14. The highest BCUT2D eigenvalue weighted by Gasteiger charge is 2.45. The van der Waals surface area contributed by atoms with Gasteiger partial charge < -0.3 is 9.85 Å². The number of hydroxylamine groups is 3. The first kappa shape index (κ1) is 25.0. The van der Waals surface area contributed by atoms with Gasteiger partial charge in [-0.05, 0) is 42.7 Å². The highest BCUT2D eigenvalue weighted by Crippen LogP contribution is 2.45. The predicted octanol–water partition coefficient (Wildman–Crippen LogP) is 8.28. The Bertz CT molecular complexity index is 980. The minimum atomic E-state index is -0.123. The summed E-state index contributed by atoms with van der Waals surface area (Å²) in [6.45, 7) is 3.53. The predicted molar refractivity (Wildman–Crippen MR) is 144 cm³/mol. The molecule has 3 heteroatoms. The van der Waals surface area contributed by atoms with Crippen molar-refractivity contribution in [1.82, 2.24) is 0 Å². The normalized spacial score (nSPS) is 24.1. The first-order valence-corrected chi connectivity index (χ1v) is 13.4. The van der Waals surface area contributed by atoms with Crippen LogP contribution < -0.4 is 0 Å². The van der Waals surface area contributed by atoms with Gasteiger partial charge in [-0.3, -0.25) is 0 Å². The van der Waals surface area contributed by atoms with E-state index in [1.165, 1.54) is 11.1 Å². The quantitative estimate of drug-likeness (QED) is 0.155. The minimum Gasteiger partial charge on any atom is -0.632 e. The molecule has 0 aliphatic carbocycles. The number of nitrogens with zero attached hydrogens (tertiary/aromatic N) is 1. The number of hydrogen-bond donors (Lipinski definition) is 0. The second-order valence-electron chi connectivity index (χ2n) is 10.0. The van der Waals surface area contributed by atoms with E-state index in [9.17, 15) is 5.21 Å². The molecule has 1 saturated heterocycles. The summed E-state index contributed by atoms with van der Waals surface area (Å²) in [7, 11) is 0. The number of quaternary nitrogens is 1. The van der Waals surface area contributed by atoms with Crippen LogP contribution in [-0.4, -0.2) is 23.1 Å². The number of halogens is 1. The lowest BCUT2D eigenvalue weighted by Crippen LogP contribution is -2.48. The van der Waals surface area contributed by atoms with E-state index in [1.807, 2.05) is 6.07 Å². The Labute approximate surface area is 210 Å². The third kappa shape index (κ3) is 6.10. The molecule has 0 radical (unpaired) electrons. The molecule has 1 aliphatic rings. The fourth-order valence-corrected chi connectivity index (χ4v) is 6.32. The number of likely N-dealkylation sites (tertiary alicyclic amines) is 1. The van der Waals surface area contributed by atoms with Crippen LogP contribution in [-0.2, 0) is 6.54 Å². The molecular formula is C31H38ClNO. The zero-order valence-electron chi connectivity index (χ0n) is 20.4. The van der Waals surface area contributed by atoms with Gasteiger partial charge in [0.25, 0.3) is 0 Å². The van der Waals surface area contributed by atoms with Crippen LogP contribution in [0, 0.1) is 11.1 Å². The van der Waals surface area contributed by atoms with Crippen molar-refractivity contribution >= 4 is 11.6 Å². The maximum absolute atomic E-state index is 14.7. The summed E-state index contributed by atoms with van der Waals surface area (Å²) in [5.41, 5.74) is 3.84. The molecule has 2 nitrogen and oxygen atoms in total. The maximum Gasteiger partial charge on any atom is 0.104 e. The van der Waals surface area contributed by atoms with Crippen molar-refractivity contribution in [3.8, 4) is 0 Å². The van der Waals surface area contributed by atoms with Crippen molar-refractivity contribution in [3.05, 3.63) is 113 Å². The molecule has 1 fully saturated rings. The third-order valence-corrected chi connectivity index (χ3v) is 8.03. The average Bonchev–Trinajstić information content (AvgIpc) is 3.19. The standard InChI is InChI=1S/C31H38ClNO/c1-2-27(28-15-8-4-9-16-28)21-26-22-31(30(19-12-20-32)29-17-10-5-11-18-29)33(34,24-26)23-25-13-6-3-7-14-25/h3-11,13-18,26-27,30-31H,2,12,19-24H2,1H3/t26?,27-,30?,31?,33?/m0/s1. The van der Waals surface area contributed by atoms with Gasteiger partial charge in [-0.15, -0.1) is 11.6 Å². The van der Waals surface area contributed by atoms with Gasteiger partial charge in [-0.2, -0.15) is 0 Å². The molecule has 0 aromatic heterocycles. The summed E-state index contributed by atoms with van der Waals surface area (Å²) in [6, 6.07) is 31.9. The second-order valence-corrected chi connectivity index (χ2v) is 10.4. The van der Waals surface area contributed by atoms with Gasteiger partial charge in [0.1, 0.15) is 6.54 Å². The third-order valence-electron chi connectivity index (χ3n) is 7.76. The molecule has 1 heterocycles. The highest BCUT2D eigenvalue weighted by molar-refractivity contribution is 6.17. The maximum atomic E-state index is 14.7. The molecule has 180 valence electrons. The summed E-state index contributed by atoms with van der Waals surface area (Å²) in [5, 5.41) is 14.7. The fourth-order valence-electron chi connectivity index (χ4n) is 6.16. The molecule has 0 amide bonds. The van der Waals surface area contributed by atoms with E-state index in [1.54, 1.807) is 0 Å². The van der Waals surface area contributed by atoms with E-state index in [2.05, 4.69) is 91.9 Å². The SMILES string of the molecule is CC[C@@H](CC1CC(C(CCCCl)c2ccccc2)[N+]([O-])(Cc2ccccc2)C1)c1ccccc1. The van der Waals surface area contributed by atoms with Gasteiger partial charge in [-0.1, -0.05) is 97.9 Å². The fraction of sp³-hybridized carbons (Fsp3) is 0.419. The molecule has 4 unspecified atom stereocenters. The van der Waals surface area contributed by atoms with E-state index in [4.69, 9.17) is 11.6 Å². The second kappa shape index (κ2) is 12.0. The van der Waals surface area contributed by atoms with Gasteiger partial charge in [0, 0.05) is 29.7 Å². The Kier molecular flexibility index (Phi) is 8.83. The van der Waals surface area contributed by atoms with Crippen molar-refractivity contribution in [1.29, 1.82) is 0 Å². The van der Waals surface area contributed by atoms with Crippen LogP contribution in [0.1, 0.15) is 67.6 Å². The van der Waals surface area contributed by atoms with Gasteiger partial charge in [0.15, 0.2) is 0 Å². The summed E-state index contributed by atoms with van der Waals surface area (Å²) in [4.78, 5) is 0. The van der Waals surface area contributed by atoms with Crippen LogP contribution in [0.25, 0.3) is 0 Å². The van der Waals surface area contributed by atoms with Crippen molar-refractivity contribution < 1.29 is 4.65 Å². The molecule has 5 atom stereocenters. The Morgan fingerprint density at radius 1 is 0.882 bits per heavy atom. The van der Waals surface area contributed by atoms with E-state index in [0.29, 0.717) is 30.8 Å². The summed E-state index contributed by atoms with van der Waals surface area (Å²) in [5.74, 6) is 1.82. The minimum absolute atomic E-state index is 0.0594. The Morgan fingerprint density at radius 3 is 2.06 bits per heavy atom. The van der Waals surface area contributed by atoms with Crippen LogP contribution in [0.15, 0.2) is 91.0 Å². The molecule has 0 N–H and O–H groups in total. The smallest absolute Gasteiger partial charge is 0.104 e. The molecular weight excluding hydrogens is 438 g/mol. The topological polar surface area (TPSA) is 23.1 Å². The zero-order valence-corrected chi connectivity index (χ0v) is 21.1. The molecule has 34 heavy (non-hydrogen) atoms. The van der Waals surface area contributed by atoms with E-state index < -0.39 is 0 Å². The lowest BCUT2D eigenvalue weighted by Gasteiger charge is -2.47. The van der Waals surface area contributed by atoms with Crippen LogP contribution in [0.2, 0.25) is 0 Å². The molecule has 3 aromatic rings. The van der Waals surface area contributed by atoms with Crippen LogP contribution in [0.5, 0.6) is 0 Å². The summed E-state index contributed by atoms with van der Waals surface area (Å²) in [6.07, 6.45) is 5.09. The van der Waals surface area contributed by atoms with E-state index >= 15 is 0 Å². The molecule has 0 bridgehead atoms. The lowest BCUT2D eigenvalue weighted by molar-refractivity contribution is -0.908. The zero-order chi connectivity index (χ0) is 23.8. The van der Waals surface area contributed by atoms with Gasteiger partial charge in [0.05, 0.1) is 12.6 Å². The number of hydrogen-bond acceptors (Lipinski definition) is 1. The molecule has 0 spiro atoms. The van der Waals surface area contributed by atoms with Crippen LogP contribution >= 0.6 is 11.6 Å². The number of alkyl halides is 1. The average molecular weight is 476 g/mol. The van der Waals surface area contributed by atoms with E-state index in [-0.39, 0.29) is 16.6 Å². The van der Waals surface area contributed by atoms with Gasteiger partial charge >= 0.3 is 0 Å². The van der Waals surface area contributed by atoms with Crippen molar-refractivity contribution in [3.63, 3.8) is 0 Å². The van der Waals surface area contributed by atoms with Gasteiger partial charge in [0.2, 0.25) is 0 Å². The van der Waals surface area contributed by atoms with Crippen molar-refractivity contribution in [2.45, 2.75) is 63.5 Å². The molecule has 4 rings (SSSR count). The first-order chi connectivity index (χ1) is 16.6. The van der Waals surface area contributed by atoms with Crippen molar-refractivity contribution in [2.75, 3.05) is 12.4 Å². The number of benzene rings is 3. The first-order valence-electron chi connectivity index (χ1n) is 12.9. The van der Waals surface area contributed by atoms with Crippen molar-refractivity contribution in [2.24, 2.45) is 5.92 Å². The molecule has 1 aliphatic heterocycles. The number of rotatable bonds is 11. The Morgan fingerprint density at radius 2 is 1.47 bits per heavy atom. The Hall–Kier alpha value is -2.13. The summed E-state index contributed by atoms with van der Waals surface area (Å²) < 4.78 is -0.123. The van der Waals surface area contributed by atoms with Crippen LogP contribution in [0.3, 0.4) is 0 Å². The Balaban J connectivity index is 1.63. The monoisotopic (exact) mass is 475 g/mol. The van der Waals surface area contributed by atoms with E-state index in [0.717, 1.165) is 37.7 Å². The highest BCUT2D eigenvalue weighted by atomic mass is 35.5. The van der Waals surface area contributed by atoms with Crippen LogP contribution in [0.4, 0.5) is 0 Å².